The molecule has 0 aliphatic rings. The van der Waals surface area contributed by atoms with Gasteiger partial charge in [0.05, 0.1) is 17.7 Å². The second kappa shape index (κ2) is 6.63. The van der Waals surface area contributed by atoms with Crippen molar-refractivity contribution in [3.63, 3.8) is 0 Å². The van der Waals surface area contributed by atoms with E-state index >= 15 is 0 Å². The van der Waals surface area contributed by atoms with E-state index in [9.17, 15) is 18.0 Å². The van der Waals surface area contributed by atoms with Crippen molar-refractivity contribution in [3.05, 3.63) is 34.9 Å². The first kappa shape index (κ1) is 15.6. The third-order valence-corrected chi connectivity index (χ3v) is 2.23. The Morgan fingerprint density at radius 3 is 2.60 bits per heavy atom. The molecule has 1 rings (SSSR count). The second-order valence-electron chi connectivity index (χ2n) is 3.65. The van der Waals surface area contributed by atoms with E-state index in [1.54, 1.807) is 13.0 Å². The molecule has 6 heteroatoms. The van der Waals surface area contributed by atoms with Crippen molar-refractivity contribution >= 4 is 5.97 Å². The second-order valence-corrected chi connectivity index (χ2v) is 3.65. The zero-order chi connectivity index (χ0) is 15.2. The topological polar surface area (TPSA) is 50.1 Å². The van der Waals surface area contributed by atoms with E-state index in [1.165, 1.54) is 0 Å². The van der Waals surface area contributed by atoms with E-state index < -0.39 is 17.7 Å². The Morgan fingerprint density at radius 1 is 1.35 bits per heavy atom. The molecule has 0 saturated carbocycles. The summed E-state index contributed by atoms with van der Waals surface area (Å²) in [6.07, 6.45) is -4.69. The molecule has 0 heterocycles. The summed E-state index contributed by atoms with van der Waals surface area (Å²) in [7, 11) is 0. The van der Waals surface area contributed by atoms with Gasteiger partial charge in [-0.1, -0.05) is 11.8 Å². The fourth-order valence-electron chi connectivity index (χ4n) is 1.35. The number of nitrogens with zero attached hydrogens (tertiary/aromatic N) is 1. The van der Waals surface area contributed by atoms with Gasteiger partial charge < -0.3 is 4.74 Å². The van der Waals surface area contributed by atoms with E-state index in [0.29, 0.717) is 0 Å². The molecule has 1 aromatic rings. The summed E-state index contributed by atoms with van der Waals surface area (Å²) in [5.41, 5.74) is -0.953. The summed E-state index contributed by atoms with van der Waals surface area (Å²) in [6.45, 7) is 1.87. The number of halogens is 3. The number of nitriles is 1. The van der Waals surface area contributed by atoms with Crippen molar-refractivity contribution in [2.24, 2.45) is 0 Å². The largest absolute Gasteiger partial charge is 0.465 e. The van der Waals surface area contributed by atoms with Gasteiger partial charge in [-0.2, -0.15) is 18.4 Å². The molecule has 3 nitrogen and oxygen atoms in total. The van der Waals surface area contributed by atoms with E-state index in [1.807, 2.05) is 0 Å². The molecule has 0 spiro atoms. The minimum atomic E-state index is -4.51. The Morgan fingerprint density at radius 2 is 2.05 bits per heavy atom. The number of hydrogen-bond donors (Lipinski definition) is 0. The third-order valence-electron chi connectivity index (χ3n) is 2.23. The Hall–Kier alpha value is -2.47. The molecule has 0 N–H and O–H groups in total. The molecule has 0 aliphatic heterocycles. The molecule has 0 radical (unpaired) electrons. The van der Waals surface area contributed by atoms with Crippen LogP contribution in [0.15, 0.2) is 18.2 Å². The fraction of sp³-hybridized carbons (Fsp3) is 0.286. The molecular weight excluding hydrogens is 271 g/mol. The van der Waals surface area contributed by atoms with Crippen LogP contribution in [0.1, 0.15) is 30.0 Å². The lowest BCUT2D eigenvalue weighted by molar-refractivity contribution is -0.142. The van der Waals surface area contributed by atoms with Gasteiger partial charge in [-0.25, -0.2) is 0 Å². The van der Waals surface area contributed by atoms with Gasteiger partial charge in [0.15, 0.2) is 0 Å². The normalized spacial score (nSPS) is 10.2. The van der Waals surface area contributed by atoms with Crippen molar-refractivity contribution in [1.82, 2.24) is 0 Å². The maximum atomic E-state index is 12.5. The van der Waals surface area contributed by atoms with Crippen LogP contribution in [0, 0.1) is 23.2 Å². The summed E-state index contributed by atoms with van der Waals surface area (Å²) < 4.78 is 42.1. The van der Waals surface area contributed by atoms with Gasteiger partial charge in [-0.15, -0.1) is 0 Å². The first-order chi connectivity index (χ1) is 9.38. The van der Waals surface area contributed by atoms with Crippen LogP contribution in [-0.4, -0.2) is 12.6 Å². The molecular formula is C14H10F3NO2. The van der Waals surface area contributed by atoms with Crippen LogP contribution in [-0.2, 0) is 15.7 Å². The summed E-state index contributed by atoms with van der Waals surface area (Å²) in [5.74, 6) is 4.43. The molecule has 0 bridgehead atoms. The van der Waals surface area contributed by atoms with Gasteiger partial charge in [0.1, 0.15) is 12.5 Å². The smallest absolute Gasteiger partial charge is 0.416 e. The van der Waals surface area contributed by atoms with Crippen molar-refractivity contribution in [3.8, 4) is 17.9 Å². The molecule has 0 fully saturated rings. The Bertz CT molecular complexity index is 604. The first-order valence-corrected chi connectivity index (χ1v) is 5.64. The molecule has 0 atom stereocenters. The average molecular weight is 281 g/mol. The standard InChI is InChI=1S/C14H10F3NO2/c1-2-20-13(19)5-3-4-10-6-7-12(14(15,16)17)8-11(10)9-18/h6-8H,2,5H2,1H3. The lowest BCUT2D eigenvalue weighted by Crippen LogP contribution is -2.05. The van der Waals surface area contributed by atoms with E-state index in [4.69, 9.17) is 5.26 Å². The predicted octanol–water partition coefficient (Wildman–Crippen LogP) is 2.88. The Kier molecular flexibility index (Phi) is 5.16. The summed E-state index contributed by atoms with van der Waals surface area (Å²) >= 11 is 0. The van der Waals surface area contributed by atoms with Crippen molar-refractivity contribution in [2.45, 2.75) is 19.5 Å². The van der Waals surface area contributed by atoms with Crippen LogP contribution in [0.4, 0.5) is 13.2 Å². The van der Waals surface area contributed by atoms with E-state index in [-0.39, 0.29) is 24.2 Å². The average Bonchev–Trinajstić information content (AvgIpc) is 2.38. The van der Waals surface area contributed by atoms with Crippen LogP contribution < -0.4 is 0 Å². The number of esters is 1. The summed E-state index contributed by atoms with van der Waals surface area (Å²) in [5, 5.41) is 8.82. The SMILES string of the molecule is CCOC(=O)CC#Cc1ccc(C(F)(F)F)cc1C#N. The highest BCUT2D eigenvalue weighted by atomic mass is 19.4. The highest BCUT2D eigenvalue weighted by molar-refractivity contribution is 5.72. The predicted molar refractivity (Wildman–Crippen MR) is 64.3 cm³/mol. The lowest BCUT2D eigenvalue weighted by atomic mass is 10.0. The number of alkyl halides is 3. The van der Waals surface area contributed by atoms with Crippen LogP contribution in [0.5, 0.6) is 0 Å². The molecule has 0 amide bonds. The highest BCUT2D eigenvalue weighted by Gasteiger charge is 2.30. The van der Waals surface area contributed by atoms with Crippen LogP contribution in [0.2, 0.25) is 0 Å². The van der Waals surface area contributed by atoms with E-state index in [0.717, 1.165) is 18.2 Å². The van der Waals surface area contributed by atoms with Gasteiger partial charge in [0.25, 0.3) is 0 Å². The van der Waals surface area contributed by atoms with Gasteiger partial charge in [-0.3, -0.25) is 4.79 Å². The highest BCUT2D eigenvalue weighted by Crippen LogP contribution is 2.30. The van der Waals surface area contributed by atoms with E-state index in [2.05, 4.69) is 16.6 Å². The van der Waals surface area contributed by atoms with Crippen LogP contribution >= 0.6 is 0 Å². The lowest BCUT2D eigenvalue weighted by Gasteiger charge is -2.07. The Labute approximate surface area is 114 Å². The monoisotopic (exact) mass is 281 g/mol. The number of carbonyl (C=O) groups is 1. The molecule has 0 aromatic heterocycles. The minimum Gasteiger partial charge on any atom is -0.465 e. The zero-order valence-corrected chi connectivity index (χ0v) is 10.5. The van der Waals surface area contributed by atoms with Crippen molar-refractivity contribution in [1.29, 1.82) is 5.26 Å². The van der Waals surface area contributed by atoms with Crippen molar-refractivity contribution < 1.29 is 22.7 Å². The van der Waals surface area contributed by atoms with Crippen LogP contribution in [0.25, 0.3) is 0 Å². The summed E-state index contributed by atoms with van der Waals surface area (Å²) in [4.78, 5) is 11.0. The fourth-order valence-corrected chi connectivity index (χ4v) is 1.35. The summed E-state index contributed by atoms with van der Waals surface area (Å²) in [6, 6.07) is 4.34. The minimum absolute atomic E-state index is 0.143. The number of benzene rings is 1. The molecule has 0 aliphatic carbocycles. The van der Waals surface area contributed by atoms with Gasteiger partial charge in [-0.05, 0) is 25.1 Å². The number of ether oxygens (including phenoxy) is 1. The number of hydrogen-bond acceptors (Lipinski definition) is 3. The zero-order valence-electron chi connectivity index (χ0n) is 10.5. The number of rotatable bonds is 2. The molecule has 0 unspecified atom stereocenters. The molecule has 20 heavy (non-hydrogen) atoms. The van der Waals surface area contributed by atoms with Crippen molar-refractivity contribution in [2.75, 3.05) is 6.61 Å². The maximum Gasteiger partial charge on any atom is 0.416 e. The van der Waals surface area contributed by atoms with Gasteiger partial charge in [0, 0.05) is 5.56 Å². The number of carbonyl (C=O) groups excluding carboxylic acids is 1. The van der Waals surface area contributed by atoms with Gasteiger partial charge >= 0.3 is 12.1 Å². The molecule has 104 valence electrons. The Balaban J connectivity index is 2.96. The van der Waals surface area contributed by atoms with Gasteiger partial charge in [0.2, 0.25) is 0 Å². The molecule has 1 aromatic carbocycles. The quantitative estimate of drug-likeness (QED) is 0.618. The maximum absolute atomic E-state index is 12.5. The first-order valence-electron chi connectivity index (χ1n) is 5.64. The third kappa shape index (κ3) is 4.33. The molecule has 0 saturated heterocycles. The van der Waals surface area contributed by atoms with Crippen LogP contribution in [0.3, 0.4) is 0 Å².